The monoisotopic (exact) mass is 255 g/mol. The van der Waals surface area contributed by atoms with Crippen LogP contribution in [0.3, 0.4) is 0 Å². The summed E-state index contributed by atoms with van der Waals surface area (Å²) >= 11 is 0. The first-order valence-electron chi connectivity index (χ1n) is 6.76. The van der Waals surface area contributed by atoms with Crippen molar-refractivity contribution in [2.45, 2.75) is 58.5 Å². The van der Waals surface area contributed by atoms with E-state index in [0.29, 0.717) is 18.7 Å². The number of amides is 1. The number of hydrogen-bond acceptors (Lipinski definition) is 3. The van der Waals surface area contributed by atoms with E-state index in [1.807, 2.05) is 20.8 Å². The largest absolute Gasteiger partial charge is 0.444 e. The van der Waals surface area contributed by atoms with E-state index in [-0.39, 0.29) is 12.0 Å². The Balaban J connectivity index is 2.29. The Morgan fingerprint density at radius 3 is 2.28 bits per heavy atom. The standard InChI is InChI=1S/C14H25NO3/c1-14(2,3)18-13(17)15(4)10-9-12(16)11-7-5-6-8-11/h11H,5-10H2,1-4H3. The van der Waals surface area contributed by atoms with E-state index in [1.54, 1.807) is 7.05 Å². The van der Waals surface area contributed by atoms with E-state index >= 15 is 0 Å². The Hall–Kier alpha value is -1.06. The fourth-order valence-corrected chi connectivity index (χ4v) is 2.16. The number of hydrogen-bond donors (Lipinski definition) is 0. The third-order valence-electron chi connectivity index (χ3n) is 3.21. The maximum atomic E-state index is 11.9. The normalized spacial score (nSPS) is 16.7. The molecule has 0 N–H and O–H groups in total. The van der Waals surface area contributed by atoms with Crippen LogP contribution in [-0.2, 0) is 9.53 Å². The molecule has 0 atom stereocenters. The molecule has 0 aromatic carbocycles. The number of carbonyl (C=O) groups excluding carboxylic acids is 2. The average molecular weight is 255 g/mol. The topological polar surface area (TPSA) is 46.6 Å². The Kier molecular flexibility index (Phi) is 5.17. The van der Waals surface area contributed by atoms with Crippen LogP contribution < -0.4 is 0 Å². The van der Waals surface area contributed by atoms with Crippen LogP contribution in [0.5, 0.6) is 0 Å². The molecule has 0 saturated heterocycles. The van der Waals surface area contributed by atoms with Crippen LogP contribution in [0.15, 0.2) is 0 Å². The van der Waals surface area contributed by atoms with Gasteiger partial charge in [0.05, 0.1) is 0 Å². The second-order valence-electron chi connectivity index (χ2n) is 6.10. The Morgan fingerprint density at radius 2 is 1.78 bits per heavy atom. The lowest BCUT2D eigenvalue weighted by Crippen LogP contribution is -2.35. The number of ketones is 1. The zero-order valence-corrected chi connectivity index (χ0v) is 12.0. The summed E-state index contributed by atoms with van der Waals surface area (Å²) < 4.78 is 5.23. The molecule has 1 aliphatic rings. The molecule has 0 radical (unpaired) electrons. The molecular weight excluding hydrogens is 230 g/mol. The van der Waals surface area contributed by atoms with Crippen molar-refractivity contribution in [1.29, 1.82) is 0 Å². The molecule has 0 aromatic rings. The fourth-order valence-electron chi connectivity index (χ4n) is 2.16. The highest BCUT2D eigenvalue weighted by atomic mass is 16.6. The zero-order chi connectivity index (χ0) is 13.8. The summed E-state index contributed by atoms with van der Waals surface area (Å²) in [6, 6.07) is 0. The van der Waals surface area contributed by atoms with Crippen LogP contribution in [0.1, 0.15) is 52.9 Å². The molecule has 1 saturated carbocycles. The van der Waals surface area contributed by atoms with Crippen molar-refractivity contribution < 1.29 is 14.3 Å². The Labute approximate surface area is 110 Å². The minimum absolute atomic E-state index is 0.233. The maximum absolute atomic E-state index is 11.9. The molecule has 0 unspecified atom stereocenters. The molecule has 104 valence electrons. The molecule has 1 rings (SSSR count). The quantitative estimate of drug-likeness (QED) is 0.775. The average Bonchev–Trinajstić information content (AvgIpc) is 2.76. The lowest BCUT2D eigenvalue weighted by Gasteiger charge is -2.24. The van der Waals surface area contributed by atoms with Crippen molar-refractivity contribution in [2.24, 2.45) is 5.92 Å². The summed E-state index contributed by atoms with van der Waals surface area (Å²) in [5.74, 6) is 0.528. The number of Topliss-reactive ketones (excluding diaryl/α,β-unsaturated/α-hetero) is 1. The SMILES string of the molecule is CN(CCC(=O)C1CCCC1)C(=O)OC(C)(C)C. The van der Waals surface area contributed by atoms with Crippen molar-refractivity contribution in [3.8, 4) is 0 Å². The predicted molar refractivity (Wildman–Crippen MR) is 70.4 cm³/mol. The van der Waals surface area contributed by atoms with E-state index in [2.05, 4.69) is 0 Å². The molecule has 0 heterocycles. The number of rotatable bonds is 4. The van der Waals surface area contributed by atoms with Gasteiger partial charge in [0.1, 0.15) is 11.4 Å². The number of ether oxygens (including phenoxy) is 1. The van der Waals surface area contributed by atoms with Gasteiger partial charge in [-0.1, -0.05) is 12.8 Å². The summed E-state index contributed by atoms with van der Waals surface area (Å²) in [5, 5.41) is 0. The van der Waals surface area contributed by atoms with E-state index in [4.69, 9.17) is 4.74 Å². The summed E-state index contributed by atoms with van der Waals surface area (Å²) in [6.45, 7) is 5.96. The van der Waals surface area contributed by atoms with Crippen LogP contribution in [0.4, 0.5) is 4.79 Å². The van der Waals surface area contributed by atoms with Crippen LogP contribution in [0.25, 0.3) is 0 Å². The molecule has 1 amide bonds. The molecule has 1 fully saturated rings. The zero-order valence-electron chi connectivity index (χ0n) is 12.0. The van der Waals surface area contributed by atoms with Gasteiger partial charge in [-0.25, -0.2) is 4.79 Å². The van der Waals surface area contributed by atoms with E-state index < -0.39 is 5.60 Å². The molecule has 4 nitrogen and oxygen atoms in total. The van der Waals surface area contributed by atoms with Gasteiger partial charge in [0, 0.05) is 25.9 Å². The van der Waals surface area contributed by atoms with Gasteiger partial charge in [0.2, 0.25) is 0 Å². The molecule has 1 aliphatic carbocycles. The highest BCUT2D eigenvalue weighted by molar-refractivity contribution is 5.81. The highest BCUT2D eigenvalue weighted by Crippen LogP contribution is 2.26. The van der Waals surface area contributed by atoms with Crippen molar-refractivity contribution in [3.63, 3.8) is 0 Å². The van der Waals surface area contributed by atoms with Gasteiger partial charge >= 0.3 is 6.09 Å². The van der Waals surface area contributed by atoms with Crippen LogP contribution in [0.2, 0.25) is 0 Å². The Morgan fingerprint density at radius 1 is 1.22 bits per heavy atom. The van der Waals surface area contributed by atoms with Gasteiger partial charge in [-0.05, 0) is 33.6 Å². The van der Waals surface area contributed by atoms with Crippen molar-refractivity contribution in [2.75, 3.05) is 13.6 Å². The van der Waals surface area contributed by atoms with Gasteiger partial charge in [0.15, 0.2) is 0 Å². The highest BCUT2D eigenvalue weighted by Gasteiger charge is 2.24. The Bertz CT molecular complexity index is 301. The lowest BCUT2D eigenvalue weighted by molar-refractivity contribution is -0.122. The van der Waals surface area contributed by atoms with Crippen LogP contribution in [0, 0.1) is 5.92 Å². The van der Waals surface area contributed by atoms with Crippen LogP contribution >= 0.6 is 0 Å². The minimum Gasteiger partial charge on any atom is -0.444 e. The third kappa shape index (κ3) is 5.07. The van der Waals surface area contributed by atoms with Gasteiger partial charge < -0.3 is 9.64 Å². The summed E-state index contributed by atoms with van der Waals surface area (Å²) in [4.78, 5) is 25.0. The number of carbonyl (C=O) groups is 2. The van der Waals surface area contributed by atoms with Gasteiger partial charge in [-0.2, -0.15) is 0 Å². The van der Waals surface area contributed by atoms with E-state index in [9.17, 15) is 9.59 Å². The summed E-state index contributed by atoms with van der Waals surface area (Å²) in [7, 11) is 1.68. The smallest absolute Gasteiger partial charge is 0.410 e. The van der Waals surface area contributed by atoms with Crippen LogP contribution in [-0.4, -0.2) is 36.0 Å². The second kappa shape index (κ2) is 6.21. The molecule has 0 spiro atoms. The van der Waals surface area contributed by atoms with E-state index in [0.717, 1.165) is 25.7 Å². The van der Waals surface area contributed by atoms with Crippen molar-refractivity contribution in [1.82, 2.24) is 4.90 Å². The maximum Gasteiger partial charge on any atom is 0.410 e. The van der Waals surface area contributed by atoms with Crippen molar-refractivity contribution >= 4 is 11.9 Å². The van der Waals surface area contributed by atoms with Gasteiger partial charge in [-0.3, -0.25) is 4.79 Å². The first-order valence-corrected chi connectivity index (χ1v) is 6.76. The second-order valence-corrected chi connectivity index (χ2v) is 6.10. The van der Waals surface area contributed by atoms with Crippen molar-refractivity contribution in [3.05, 3.63) is 0 Å². The molecule has 4 heteroatoms. The molecular formula is C14H25NO3. The number of nitrogens with zero attached hydrogens (tertiary/aromatic N) is 1. The molecule has 0 aromatic heterocycles. The fraction of sp³-hybridized carbons (Fsp3) is 0.857. The lowest BCUT2D eigenvalue weighted by atomic mass is 10.0. The molecule has 0 bridgehead atoms. The molecule has 0 aliphatic heterocycles. The third-order valence-corrected chi connectivity index (χ3v) is 3.21. The van der Waals surface area contributed by atoms with Gasteiger partial charge in [0.25, 0.3) is 0 Å². The first kappa shape index (κ1) is 15.0. The summed E-state index contributed by atoms with van der Waals surface area (Å²) in [6.07, 6.45) is 4.46. The van der Waals surface area contributed by atoms with E-state index in [1.165, 1.54) is 4.90 Å². The first-order chi connectivity index (χ1) is 8.29. The molecule has 18 heavy (non-hydrogen) atoms. The van der Waals surface area contributed by atoms with Gasteiger partial charge in [-0.15, -0.1) is 0 Å². The minimum atomic E-state index is -0.485. The predicted octanol–water partition coefficient (Wildman–Crippen LogP) is 3.00. The summed E-state index contributed by atoms with van der Waals surface area (Å²) in [5.41, 5.74) is -0.485.